The summed E-state index contributed by atoms with van der Waals surface area (Å²) in [6, 6.07) is 20.2. The summed E-state index contributed by atoms with van der Waals surface area (Å²) in [4.78, 5) is 19.7. The van der Waals surface area contributed by atoms with Gasteiger partial charge in [-0.3, -0.25) is 4.79 Å². The minimum Gasteiger partial charge on any atom is -0.352 e. The summed E-state index contributed by atoms with van der Waals surface area (Å²) in [6.07, 6.45) is 3.16. The predicted molar refractivity (Wildman–Crippen MR) is 139 cm³/mol. The molecule has 178 valence electrons. The molecule has 0 unspecified atom stereocenters. The molecule has 0 saturated carbocycles. The van der Waals surface area contributed by atoms with Crippen molar-refractivity contribution in [1.82, 2.24) is 20.1 Å². The molecule has 1 N–H and O–H groups in total. The predicted octanol–water partition coefficient (Wildman–Crippen LogP) is 4.96. The second-order valence-electron chi connectivity index (χ2n) is 8.96. The van der Waals surface area contributed by atoms with Gasteiger partial charge >= 0.3 is 0 Å². The zero-order chi connectivity index (χ0) is 24.4. The molecule has 3 heterocycles. The van der Waals surface area contributed by atoms with E-state index in [9.17, 15) is 4.79 Å². The molecule has 0 saturated heterocycles. The second-order valence-corrected chi connectivity index (χ2v) is 9.39. The molecule has 1 amide bonds. The fourth-order valence-corrected chi connectivity index (χ4v) is 4.71. The Morgan fingerprint density at radius 2 is 1.80 bits per heavy atom. The van der Waals surface area contributed by atoms with E-state index < -0.39 is 0 Å². The van der Waals surface area contributed by atoms with Gasteiger partial charge in [0.25, 0.3) is 0 Å². The van der Waals surface area contributed by atoms with Crippen molar-refractivity contribution >= 4 is 23.3 Å². The molecule has 0 radical (unpaired) electrons. The van der Waals surface area contributed by atoms with Crippen LogP contribution in [0.1, 0.15) is 33.6 Å². The molecule has 7 heteroatoms. The first-order valence-corrected chi connectivity index (χ1v) is 12.2. The van der Waals surface area contributed by atoms with Crippen molar-refractivity contribution < 1.29 is 4.79 Å². The highest BCUT2D eigenvalue weighted by Gasteiger charge is 2.18. The van der Waals surface area contributed by atoms with Gasteiger partial charge in [-0.25, -0.2) is 9.67 Å². The highest BCUT2D eigenvalue weighted by Crippen LogP contribution is 2.23. The molecule has 6 nitrogen and oxygen atoms in total. The van der Waals surface area contributed by atoms with Gasteiger partial charge in [-0.15, -0.1) is 0 Å². The monoisotopic (exact) mass is 485 g/mol. The smallest absolute Gasteiger partial charge is 0.224 e. The zero-order valence-corrected chi connectivity index (χ0v) is 20.7. The van der Waals surface area contributed by atoms with E-state index in [0.29, 0.717) is 11.6 Å². The summed E-state index contributed by atoms with van der Waals surface area (Å²) >= 11 is 6.01. The topological polar surface area (TPSA) is 63.1 Å². The minimum absolute atomic E-state index is 0.0384. The Hall–Kier alpha value is -3.64. The number of pyridine rings is 1. The average Bonchev–Trinajstić information content (AvgIpc) is 3.16. The number of fused-ring (bicyclic) bond motifs is 1. The summed E-state index contributed by atoms with van der Waals surface area (Å²) < 4.78 is 1.86. The van der Waals surface area contributed by atoms with Gasteiger partial charge in [0.2, 0.25) is 5.91 Å². The lowest BCUT2D eigenvalue weighted by Gasteiger charge is -2.29. The highest BCUT2D eigenvalue weighted by atomic mass is 35.5. The fourth-order valence-electron chi connectivity index (χ4n) is 4.59. The molecule has 0 atom stereocenters. The van der Waals surface area contributed by atoms with Crippen LogP contribution in [0, 0.1) is 13.8 Å². The first kappa shape index (κ1) is 23.1. The molecule has 0 bridgehead atoms. The van der Waals surface area contributed by atoms with E-state index in [-0.39, 0.29) is 12.3 Å². The molecule has 35 heavy (non-hydrogen) atoms. The maximum Gasteiger partial charge on any atom is 0.224 e. The molecule has 5 rings (SSSR count). The van der Waals surface area contributed by atoms with Gasteiger partial charge < -0.3 is 10.2 Å². The lowest BCUT2D eigenvalue weighted by molar-refractivity contribution is -0.120. The van der Waals surface area contributed by atoms with E-state index in [2.05, 4.69) is 44.6 Å². The first-order valence-electron chi connectivity index (χ1n) is 11.8. The molecule has 0 fully saturated rings. The lowest BCUT2D eigenvalue weighted by Crippen LogP contribution is -2.31. The molecule has 0 spiro atoms. The Morgan fingerprint density at radius 3 is 2.54 bits per heavy atom. The van der Waals surface area contributed by atoms with Crippen LogP contribution in [-0.2, 0) is 30.7 Å². The van der Waals surface area contributed by atoms with Gasteiger partial charge in [0, 0.05) is 42.1 Å². The van der Waals surface area contributed by atoms with Crippen LogP contribution < -0.4 is 10.2 Å². The third kappa shape index (κ3) is 5.08. The van der Waals surface area contributed by atoms with Crippen molar-refractivity contribution in [3.63, 3.8) is 0 Å². The number of carbonyl (C=O) groups is 1. The maximum atomic E-state index is 12.7. The maximum absolute atomic E-state index is 12.7. The molecular formula is C28H28ClN5O. The van der Waals surface area contributed by atoms with E-state index in [4.69, 9.17) is 11.6 Å². The molecule has 4 aromatic rings. The average molecular weight is 486 g/mol. The number of aryl methyl sites for hydroxylation is 1. The fraction of sp³-hybridized carbons (Fsp3) is 0.250. The summed E-state index contributed by atoms with van der Waals surface area (Å²) in [6.45, 7) is 6.20. The number of nitrogens with zero attached hydrogens (tertiary/aromatic N) is 4. The van der Waals surface area contributed by atoms with Gasteiger partial charge in [0.05, 0.1) is 17.8 Å². The Kier molecular flexibility index (Phi) is 6.55. The first-order chi connectivity index (χ1) is 17.0. The summed E-state index contributed by atoms with van der Waals surface area (Å²) in [7, 11) is 0. The number of hydrogen-bond acceptors (Lipinski definition) is 4. The van der Waals surface area contributed by atoms with Crippen molar-refractivity contribution in [3.8, 4) is 5.69 Å². The van der Waals surface area contributed by atoms with E-state index in [1.807, 2.05) is 61.1 Å². The van der Waals surface area contributed by atoms with Crippen molar-refractivity contribution in [2.75, 3.05) is 11.4 Å². The van der Waals surface area contributed by atoms with Crippen LogP contribution in [0.3, 0.4) is 0 Å². The van der Waals surface area contributed by atoms with Crippen LogP contribution in [0.2, 0.25) is 5.02 Å². The van der Waals surface area contributed by atoms with Crippen LogP contribution in [0.25, 0.3) is 5.69 Å². The van der Waals surface area contributed by atoms with Crippen molar-refractivity contribution in [3.05, 3.63) is 106 Å². The van der Waals surface area contributed by atoms with Gasteiger partial charge in [0.15, 0.2) is 0 Å². The minimum atomic E-state index is -0.0384. The number of nitrogens with one attached hydrogen (secondary N) is 1. The van der Waals surface area contributed by atoms with Gasteiger partial charge in [-0.05, 0) is 67.3 Å². The number of rotatable bonds is 6. The largest absolute Gasteiger partial charge is 0.352 e. The Labute approximate surface area is 210 Å². The molecule has 2 aromatic carbocycles. The van der Waals surface area contributed by atoms with Gasteiger partial charge in [-0.2, -0.15) is 5.10 Å². The number of benzene rings is 2. The van der Waals surface area contributed by atoms with E-state index in [1.54, 1.807) is 0 Å². The zero-order valence-electron chi connectivity index (χ0n) is 20.0. The standard InChI is InChI=1S/C28H28ClN5O/c1-19-26(20(2)34(32-19)25-10-8-24(29)9-11-25)15-28(35)31-17-21-7-12-27(30-16-21)33-14-13-22-5-3-4-6-23(22)18-33/h3-12,16H,13-15,17-18H2,1-2H3,(H,31,35). The van der Waals surface area contributed by atoms with Crippen molar-refractivity contribution in [2.24, 2.45) is 0 Å². The highest BCUT2D eigenvalue weighted by molar-refractivity contribution is 6.30. The Morgan fingerprint density at radius 1 is 1.03 bits per heavy atom. The molecule has 1 aliphatic rings. The molecule has 0 aliphatic carbocycles. The number of hydrogen-bond donors (Lipinski definition) is 1. The van der Waals surface area contributed by atoms with Crippen LogP contribution in [0.5, 0.6) is 0 Å². The number of aromatic nitrogens is 3. The van der Waals surface area contributed by atoms with Crippen LogP contribution in [-0.4, -0.2) is 27.2 Å². The Bertz CT molecular complexity index is 1350. The number of amides is 1. The second kappa shape index (κ2) is 9.92. The lowest BCUT2D eigenvalue weighted by atomic mass is 10.00. The van der Waals surface area contributed by atoms with E-state index >= 15 is 0 Å². The van der Waals surface area contributed by atoms with Crippen LogP contribution in [0.15, 0.2) is 66.9 Å². The Balaban J connectivity index is 1.19. The number of halogens is 1. The van der Waals surface area contributed by atoms with Crippen molar-refractivity contribution in [1.29, 1.82) is 0 Å². The molecular weight excluding hydrogens is 458 g/mol. The van der Waals surface area contributed by atoms with Gasteiger partial charge in [0.1, 0.15) is 5.82 Å². The van der Waals surface area contributed by atoms with Crippen LogP contribution >= 0.6 is 11.6 Å². The number of carbonyl (C=O) groups excluding carboxylic acids is 1. The van der Waals surface area contributed by atoms with Crippen molar-refractivity contribution in [2.45, 2.75) is 39.8 Å². The SMILES string of the molecule is Cc1nn(-c2ccc(Cl)cc2)c(C)c1CC(=O)NCc1ccc(N2CCc3ccccc3C2)nc1. The van der Waals surface area contributed by atoms with E-state index in [1.165, 1.54) is 11.1 Å². The number of anilines is 1. The third-order valence-electron chi connectivity index (χ3n) is 6.60. The van der Waals surface area contributed by atoms with Crippen LogP contribution in [0.4, 0.5) is 5.82 Å². The van der Waals surface area contributed by atoms with E-state index in [0.717, 1.165) is 53.5 Å². The summed E-state index contributed by atoms with van der Waals surface area (Å²) in [5, 5.41) is 8.33. The summed E-state index contributed by atoms with van der Waals surface area (Å²) in [5.41, 5.74) is 7.43. The molecule has 1 aliphatic heterocycles. The molecule has 2 aromatic heterocycles. The quantitative estimate of drug-likeness (QED) is 0.419. The normalized spacial score (nSPS) is 12.9. The summed E-state index contributed by atoms with van der Waals surface area (Å²) in [5.74, 6) is 0.930. The third-order valence-corrected chi connectivity index (χ3v) is 6.86. The van der Waals surface area contributed by atoms with Gasteiger partial charge in [-0.1, -0.05) is 41.9 Å².